The first-order chi connectivity index (χ1) is 10.4. The Bertz CT molecular complexity index is 773. The molecule has 22 heavy (non-hydrogen) atoms. The van der Waals surface area contributed by atoms with Crippen LogP contribution in [-0.4, -0.2) is 26.9 Å². The van der Waals surface area contributed by atoms with Crippen molar-refractivity contribution in [2.45, 2.75) is 6.92 Å². The fourth-order valence-electron chi connectivity index (χ4n) is 1.81. The molecular weight excluding hydrogens is 290 g/mol. The van der Waals surface area contributed by atoms with E-state index in [4.69, 9.17) is 5.11 Å². The van der Waals surface area contributed by atoms with E-state index in [0.29, 0.717) is 5.56 Å². The van der Waals surface area contributed by atoms with Crippen LogP contribution >= 0.6 is 0 Å². The van der Waals surface area contributed by atoms with Gasteiger partial charge >= 0.3 is 5.97 Å². The van der Waals surface area contributed by atoms with Crippen molar-refractivity contribution in [3.8, 4) is 0 Å². The standard InChI is InChI=1S/C14H11N3O5/c1-8-2-3-9(17(21)22)6-12(8)16-13(18)10-4-5-15-7-11(10)14(19)20/h2-7H,1H3,(H,16,18)(H,19,20). The summed E-state index contributed by atoms with van der Waals surface area (Å²) in [5, 5.41) is 22.3. The van der Waals surface area contributed by atoms with Gasteiger partial charge in [0.1, 0.15) is 0 Å². The number of hydrogen-bond acceptors (Lipinski definition) is 5. The van der Waals surface area contributed by atoms with E-state index >= 15 is 0 Å². The SMILES string of the molecule is Cc1ccc([N+](=O)[O-])cc1NC(=O)c1ccncc1C(=O)O. The van der Waals surface area contributed by atoms with Gasteiger partial charge in [-0.1, -0.05) is 6.07 Å². The summed E-state index contributed by atoms with van der Waals surface area (Å²) >= 11 is 0. The van der Waals surface area contributed by atoms with Gasteiger partial charge < -0.3 is 10.4 Å². The van der Waals surface area contributed by atoms with Crippen molar-refractivity contribution in [1.82, 2.24) is 4.98 Å². The maximum Gasteiger partial charge on any atom is 0.338 e. The van der Waals surface area contributed by atoms with E-state index in [1.54, 1.807) is 6.92 Å². The Hall–Kier alpha value is -3.29. The predicted molar refractivity (Wildman–Crippen MR) is 77.0 cm³/mol. The number of nitro groups is 1. The number of aromatic carboxylic acids is 1. The van der Waals surface area contributed by atoms with Crippen LogP contribution in [-0.2, 0) is 0 Å². The summed E-state index contributed by atoms with van der Waals surface area (Å²) in [5.74, 6) is -1.96. The number of aryl methyl sites for hydroxylation is 1. The van der Waals surface area contributed by atoms with E-state index in [1.165, 1.54) is 30.5 Å². The number of non-ortho nitro benzene ring substituents is 1. The lowest BCUT2D eigenvalue weighted by atomic mass is 10.1. The van der Waals surface area contributed by atoms with E-state index in [9.17, 15) is 19.7 Å². The minimum Gasteiger partial charge on any atom is -0.478 e. The molecule has 2 N–H and O–H groups in total. The molecule has 2 aromatic rings. The number of carboxylic acids is 1. The first kappa shape index (κ1) is 15.1. The van der Waals surface area contributed by atoms with Gasteiger partial charge in [0.05, 0.1) is 21.7 Å². The van der Waals surface area contributed by atoms with Gasteiger partial charge in [-0.3, -0.25) is 19.9 Å². The average Bonchev–Trinajstić information content (AvgIpc) is 2.49. The number of nitrogens with one attached hydrogen (secondary N) is 1. The Kier molecular flexibility index (Phi) is 4.12. The average molecular weight is 301 g/mol. The number of amides is 1. The molecule has 0 aliphatic rings. The lowest BCUT2D eigenvalue weighted by molar-refractivity contribution is -0.384. The van der Waals surface area contributed by atoms with Crippen molar-refractivity contribution in [2.75, 3.05) is 5.32 Å². The number of benzene rings is 1. The van der Waals surface area contributed by atoms with Crippen molar-refractivity contribution in [2.24, 2.45) is 0 Å². The van der Waals surface area contributed by atoms with Crippen LogP contribution in [0.4, 0.5) is 11.4 Å². The lowest BCUT2D eigenvalue weighted by Crippen LogP contribution is -2.17. The molecule has 1 amide bonds. The second kappa shape index (κ2) is 6.00. The molecule has 2 rings (SSSR count). The summed E-state index contributed by atoms with van der Waals surface area (Å²) in [6.07, 6.45) is 2.36. The normalized spacial score (nSPS) is 10.0. The van der Waals surface area contributed by atoms with Gasteiger partial charge in [0, 0.05) is 24.5 Å². The van der Waals surface area contributed by atoms with Crippen molar-refractivity contribution in [3.63, 3.8) is 0 Å². The fraction of sp³-hybridized carbons (Fsp3) is 0.0714. The topological polar surface area (TPSA) is 122 Å². The number of aromatic nitrogens is 1. The van der Waals surface area contributed by atoms with Gasteiger partial charge in [-0.25, -0.2) is 4.79 Å². The van der Waals surface area contributed by atoms with Gasteiger partial charge in [-0.05, 0) is 18.6 Å². The summed E-state index contributed by atoms with van der Waals surface area (Å²) in [4.78, 5) is 37.1. The zero-order valence-corrected chi connectivity index (χ0v) is 11.4. The number of carbonyl (C=O) groups excluding carboxylic acids is 1. The van der Waals surface area contributed by atoms with E-state index < -0.39 is 16.8 Å². The highest BCUT2D eigenvalue weighted by atomic mass is 16.6. The number of anilines is 1. The highest BCUT2D eigenvalue weighted by Gasteiger charge is 2.18. The highest BCUT2D eigenvalue weighted by Crippen LogP contribution is 2.22. The quantitative estimate of drug-likeness (QED) is 0.659. The van der Waals surface area contributed by atoms with Gasteiger partial charge in [-0.2, -0.15) is 0 Å². The van der Waals surface area contributed by atoms with Crippen molar-refractivity contribution < 1.29 is 19.6 Å². The Morgan fingerprint density at radius 2 is 2.00 bits per heavy atom. The third-order valence-electron chi connectivity index (χ3n) is 2.98. The first-order valence-corrected chi connectivity index (χ1v) is 6.14. The molecule has 0 fully saturated rings. The van der Waals surface area contributed by atoms with Gasteiger partial charge in [-0.15, -0.1) is 0 Å². The minimum atomic E-state index is -1.28. The summed E-state index contributed by atoms with van der Waals surface area (Å²) in [7, 11) is 0. The molecule has 0 unspecified atom stereocenters. The lowest BCUT2D eigenvalue weighted by Gasteiger charge is -2.09. The Morgan fingerprint density at radius 1 is 1.27 bits per heavy atom. The molecule has 112 valence electrons. The molecule has 8 nitrogen and oxygen atoms in total. The molecule has 0 spiro atoms. The number of nitro benzene ring substituents is 1. The van der Waals surface area contributed by atoms with Gasteiger partial charge in [0.15, 0.2) is 0 Å². The summed E-state index contributed by atoms with van der Waals surface area (Å²) < 4.78 is 0. The third-order valence-corrected chi connectivity index (χ3v) is 2.98. The number of nitrogens with zero attached hydrogens (tertiary/aromatic N) is 2. The van der Waals surface area contributed by atoms with Crippen molar-refractivity contribution >= 4 is 23.3 Å². The minimum absolute atomic E-state index is 0.0755. The molecule has 0 aliphatic heterocycles. The smallest absolute Gasteiger partial charge is 0.338 e. The Balaban J connectivity index is 2.36. The number of hydrogen-bond donors (Lipinski definition) is 2. The molecule has 1 aromatic carbocycles. The zero-order valence-electron chi connectivity index (χ0n) is 11.4. The zero-order chi connectivity index (χ0) is 16.3. The molecule has 0 atom stereocenters. The fourth-order valence-corrected chi connectivity index (χ4v) is 1.81. The molecule has 0 aliphatic carbocycles. The highest BCUT2D eigenvalue weighted by molar-refractivity contribution is 6.10. The van der Waals surface area contributed by atoms with E-state index in [1.807, 2.05) is 0 Å². The Morgan fingerprint density at radius 3 is 2.64 bits per heavy atom. The van der Waals surface area contributed by atoms with E-state index in [-0.39, 0.29) is 22.5 Å². The maximum absolute atomic E-state index is 12.2. The summed E-state index contributed by atoms with van der Waals surface area (Å²) in [6, 6.07) is 5.30. The number of carboxylic acid groups (broad SMARTS) is 1. The summed E-state index contributed by atoms with van der Waals surface area (Å²) in [6.45, 7) is 1.67. The van der Waals surface area contributed by atoms with Crippen molar-refractivity contribution in [1.29, 1.82) is 0 Å². The maximum atomic E-state index is 12.2. The summed E-state index contributed by atoms with van der Waals surface area (Å²) in [5.41, 5.74) is 0.364. The molecular formula is C14H11N3O5. The molecule has 0 bridgehead atoms. The van der Waals surface area contributed by atoms with Crippen LogP contribution in [0.5, 0.6) is 0 Å². The molecule has 0 saturated carbocycles. The molecule has 0 saturated heterocycles. The van der Waals surface area contributed by atoms with Crippen LogP contribution in [0.2, 0.25) is 0 Å². The largest absolute Gasteiger partial charge is 0.478 e. The molecule has 0 radical (unpaired) electrons. The molecule has 1 heterocycles. The van der Waals surface area contributed by atoms with Crippen LogP contribution in [0, 0.1) is 17.0 Å². The van der Waals surface area contributed by atoms with Crippen LogP contribution < -0.4 is 5.32 Å². The third kappa shape index (κ3) is 3.06. The van der Waals surface area contributed by atoms with Gasteiger partial charge in [0.25, 0.3) is 11.6 Å². The second-order valence-corrected chi connectivity index (χ2v) is 4.44. The monoisotopic (exact) mass is 301 g/mol. The Labute approximate surface area is 124 Å². The first-order valence-electron chi connectivity index (χ1n) is 6.14. The number of pyridine rings is 1. The van der Waals surface area contributed by atoms with E-state index in [0.717, 1.165) is 6.20 Å². The molecule has 1 aromatic heterocycles. The van der Waals surface area contributed by atoms with Crippen molar-refractivity contribution in [3.05, 3.63) is 63.5 Å². The van der Waals surface area contributed by atoms with Crippen LogP contribution in [0.25, 0.3) is 0 Å². The van der Waals surface area contributed by atoms with Crippen LogP contribution in [0.3, 0.4) is 0 Å². The predicted octanol–water partition coefficient (Wildman–Crippen LogP) is 2.25. The number of rotatable bonds is 4. The van der Waals surface area contributed by atoms with Gasteiger partial charge in [0.2, 0.25) is 0 Å². The van der Waals surface area contributed by atoms with Crippen LogP contribution in [0.15, 0.2) is 36.7 Å². The second-order valence-electron chi connectivity index (χ2n) is 4.44. The molecule has 8 heteroatoms. The number of carbonyl (C=O) groups is 2. The van der Waals surface area contributed by atoms with E-state index in [2.05, 4.69) is 10.3 Å². The van der Waals surface area contributed by atoms with Crippen LogP contribution in [0.1, 0.15) is 26.3 Å².